The molecular formula is C19H23F2N5O. The van der Waals surface area contributed by atoms with Gasteiger partial charge < -0.3 is 15.5 Å². The van der Waals surface area contributed by atoms with Crippen molar-refractivity contribution in [2.45, 2.75) is 32.4 Å². The summed E-state index contributed by atoms with van der Waals surface area (Å²) in [5.74, 6) is 0.726. The third-order valence-corrected chi connectivity index (χ3v) is 4.61. The Morgan fingerprint density at radius 3 is 2.59 bits per heavy atom. The second-order valence-electron chi connectivity index (χ2n) is 6.84. The third-order valence-electron chi connectivity index (χ3n) is 4.61. The van der Waals surface area contributed by atoms with Gasteiger partial charge >= 0.3 is 6.03 Å². The van der Waals surface area contributed by atoms with Crippen LogP contribution in [0.4, 0.5) is 25.1 Å². The highest BCUT2D eigenvalue weighted by atomic mass is 19.1. The lowest BCUT2D eigenvalue weighted by Gasteiger charge is -2.36. The second kappa shape index (κ2) is 7.85. The van der Waals surface area contributed by atoms with E-state index in [1.807, 2.05) is 6.92 Å². The molecule has 8 heteroatoms. The van der Waals surface area contributed by atoms with Gasteiger partial charge in [0, 0.05) is 37.7 Å². The van der Waals surface area contributed by atoms with Crippen LogP contribution in [0, 0.1) is 19.7 Å². The molecule has 1 fully saturated rings. The lowest BCUT2D eigenvalue weighted by atomic mass is 9.93. The predicted molar refractivity (Wildman–Crippen MR) is 100 cm³/mol. The SMILES string of the molecule is Cc1cc(NCC2(F)CCN(C(=O)Nc3ccccc3F)CC2)nc(C)n1. The predicted octanol–water partition coefficient (Wildman–Crippen LogP) is 3.68. The van der Waals surface area contributed by atoms with Crippen LogP contribution in [0.3, 0.4) is 0 Å². The van der Waals surface area contributed by atoms with Crippen molar-refractivity contribution in [2.75, 3.05) is 30.3 Å². The Hall–Kier alpha value is -2.77. The molecule has 3 rings (SSSR count). The number of aromatic nitrogens is 2. The smallest absolute Gasteiger partial charge is 0.321 e. The van der Waals surface area contributed by atoms with Crippen molar-refractivity contribution in [3.8, 4) is 0 Å². The standard InChI is InChI=1S/C19H23F2N5O/c1-13-11-17(24-14(2)23-13)22-12-19(21)7-9-26(10-8-19)18(27)25-16-6-4-3-5-15(16)20/h3-6,11H,7-10,12H2,1-2H3,(H,25,27)(H,22,23,24). The Balaban J connectivity index is 1.52. The molecule has 0 radical (unpaired) electrons. The van der Waals surface area contributed by atoms with E-state index in [9.17, 15) is 9.18 Å². The maximum Gasteiger partial charge on any atom is 0.321 e. The van der Waals surface area contributed by atoms with Crippen molar-refractivity contribution in [3.63, 3.8) is 0 Å². The van der Waals surface area contributed by atoms with Crippen LogP contribution in [-0.2, 0) is 0 Å². The molecule has 2 aromatic rings. The Morgan fingerprint density at radius 1 is 1.22 bits per heavy atom. The zero-order valence-corrected chi connectivity index (χ0v) is 15.4. The minimum absolute atomic E-state index is 0.117. The Morgan fingerprint density at radius 2 is 1.93 bits per heavy atom. The number of nitrogens with one attached hydrogen (secondary N) is 2. The summed E-state index contributed by atoms with van der Waals surface area (Å²) in [4.78, 5) is 22.2. The maximum absolute atomic E-state index is 15.1. The van der Waals surface area contributed by atoms with E-state index in [2.05, 4.69) is 20.6 Å². The average Bonchev–Trinajstić information content (AvgIpc) is 2.62. The summed E-state index contributed by atoms with van der Waals surface area (Å²) in [6, 6.07) is 7.32. The number of hydrogen-bond donors (Lipinski definition) is 2. The second-order valence-corrected chi connectivity index (χ2v) is 6.84. The molecule has 27 heavy (non-hydrogen) atoms. The van der Waals surface area contributed by atoms with E-state index in [-0.39, 0.29) is 38.2 Å². The molecule has 0 spiro atoms. The summed E-state index contributed by atoms with van der Waals surface area (Å²) in [5.41, 5.74) is -0.491. The quantitative estimate of drug-likeness (QED) is 0.855. The summed E-state index contributed by atoms with van der Waals surface area (Å²) in [6.45, 7) is 4.29. The van der Waals surface area contributed by atoms with Crippen molar-refractivity contribution in [2.24, 2.45) is 0 Å². The minimum atomic E-state index is -1.43. The number of carbonyl (C=O) groups excluding carboxylic acids is 1. The summed E-state index contributed by atoms with van der Waals surface area (Å²) in [6.07, 6.45) is 0.404. The number of halogens is 2. The zero-order valence-electron chi connectivity index (χ0n) is 15.4. The molecule has 1 aliphatic heterocycles. The number of benzene rings is 1. The highest BCUT2D eigenvalue weighted by molar-refractivity contribution is 5.89. The fraction of sp³-hybridized carbons (Fsp3) is 0.421. The van der Waals surface area contributed by atoms with Gasteiger partial charge in [-0.1, -0.05) is 12.1 Å². The lowest BCUT2D eigenvalue weighted by molar-refractivity contribution is 0.0853. The number of piperidine rings is 1. The number of hydrogen-bond acceptors (Lipinski definition) is 4. The van der Waals surface area contributed by atoms with Crippen LogP contribution in [0.1, 0.15) is 24.4 Å². The van der Waals surface area contributed by atoms with Crippen molar-refractivity contribution < 1.29 is 13.6 Å². The topological polar surface area (TPSA) is 70.2 Å². The summed E-state index contributed by atoms with van der Waals surface area (Å²) in [7, 11) is 0. The Bertz CT molecular complexity index is 801. The molecule has 2 N–H and O–H groups in total. The number of nitrogens with zero attached hydrogens (tertiary/aromatic N) is 3. The molecule has 6 nitrogen and oxygen atoms in total. The lowest BCUT2D eigenvalue weighted by Crippen LogP contribution is -2.48. The number of para-hydroxylation sites is 1. The molecule has 2 heterocycles. The zero-order chi connectivity index (χ0) is 19.4. The van der Waals surface area contributed by atoms with Gasteiger partial charge in [0.05, 0.1) is 12.2 Å². The highest BCUT2D eigenvalue weighted by Crippen LogP contribution is 2.27. The van der Waals surface area contributed by atoms with Gasteiger partial charge in [-0.3, -0.25) is 0 Å². The number of anilines is 2. The van der Waals surface area contributed by atoms with E-state index in [4.69, 9.17) is 0 Å². The number of likely N-dealkylation sites (tertiary alicyclic amines) is 1. The molecule has 2 amide bonds. The maximum atomic E-state index is 15.1. The third kappa shape index (κ3) is 4.90. The summed E-state index contributed by atoms with van der Waals surface area (Å²) >= 11 is 0. The molecule has 144 valence electrons. The number of alkyl halides is 1. The van der Waals surface area contributed by atoms with Crippen molar-refractivity contribution in [1.82, 2.24) is 14.9 Å². The molecule has 0 aliphatic carbocycles. The van der Waals surface area contributed by atoms with Crippen LogP contribution >= 0.6 is 0 Å². The fourth-order valence-electron chi connectivity index (χ4n) is 3.10. The van der Waals surface area contributed by atoms with Crippen molar-refractivity contribution in [3.05, 3.63) is 47.7 Å². The number of urea groups is 1. The largest absolute Gasteiger partial charge is 0.367 e. The average molecular weight is 375 g/mol. The van der Waals surface area contributed by atoms with Gasteiger partial charge in [0.1, 0.15) is 23.1 Å². The van der Waals surface area contributed by atoms with Crippen LogP contribution in [-0.4, -0.2) is 46.2 Å². The van der Waals surface area contributed by atoms with Crippen LogP contribution in [0.25, 0.3) is 0 Å². The number of aryl methyl sites for hydroxylation is 2. The summed E-state index contributed by atoms with van der Waals surface area (Å²) in [5, 5.41) is 5.57. The number of rotatable bonds is 4. The molecule has 1 saturated heterocycles. The molecule has 1 aliphatic rings. The fourth-order valence-corrected chi connectivity index (χ4v) is 3.10. The van der Waals surface area contributed by atoms with Gasteiger partial charge in [-0.25, -0.2) is 23.5 Å². The summed E-state index contributed by atoms with van der Waals surface area (Å²) < 4.78 is 28.7. The van der Waals surface area contributed by atoms with E-state index in [0.717, 1.165) is 5.69 Å². The van der Waals surface area contributed by atoms with E-state index in [0.29, 0.717) is 11.6 Å². The Labute approximate surface area is 157 Å². The molecule has 0 saturated carbocycles. The first-order valence-corrected chi connectivity index (χ1v) is 8.90. The van der Waals surface area contributed by atoms with Crippen molar-refractivity contribution >= 4 is 17.5 Å². The number of amides is 2. The van der Waals surface area contributed by atoms with E-state index in [1.165, 1.54) is 17.0 Å². The van der Waals surface area contributed by atoms with E-state index < -0.39 is 17.5 Å². The van der Waals surface area contributed by atoms with Gasteiger partial charge in [0.2, 0.25) is 0 Å². The van der Waals surface area contributed by atoms with Crippen LogP contribution in [0.2, 0.25) is 0 Å². The monoisotopic (exact) mass is 375 g/mol. The highest BCUT2D eigenvalue weighted by Gasteiger charge is 2.36. The first kappa shape index (κ1) is 19.0. The molecule has 1 aromatic heterocycles. The molecule has 0 atom stereocenters. The molecule has 0 bridgehead atoms. The van der Waals surface area contributed by atoms with Gasteiger partial charge in [0.15, 0.2) is 0 Å². The first-order valence-electron chi connectivity index (χ1n) is 8.90. The van der Waals surface area contributed by atoms with Crippen LogP contribution in [0.5, 0.6) is 0 Å². The Kier molecular flexibility index (Phi) is 5.53. The van der Waals surface area contributed by atoms with Crippen LogP contribution in [0.15, 0.2) is 30.3 Å². The van der Waals surface area contributed by atoms with Gasteiger partial charge in [-0.2, -0.15) is 0 Å². The molecule has 0 unspecified atom stereocenters. The normalized spacial score (nSPS) is 16.1. The molecule has 1 aromatic carbocycles. The van der Waals surface area contributed by atoms with Gasteiger partial charge in [0.25, 0.3) is 0 Å². The number of carbonyl (C=O) groups is 1. The van der Waals surface area contributed by atoms with Crippen LogP contribution < -0.4 is 10.6 Å². The molecular weight excluding hydrogens is 352 g/mol. The first-order chi connectivity index (χ1) is 12.8. The van der Waals surface area contributed by atoms with Gasteiger partial charge in [-0.15, -0.1) is 0 Å². The minimum Gasteiger partial charge on any atom is -0.367 e. The van der Waals surface area contributed by atoms with Crippen molar-refractivity contribution in [1.29, 1.82) is 0 Å². The van der Waals surface area contributed by atoms with Gasteiger partial charge in [-0.05, 0) is 26.0 Å². The van der Waals surface area contributed by atoms with E-state index in [1.54, 1.807) is 25.1 Å². The van der Waals surface area contributed by atoms with E-state index >= 15 is 4.39 Å².